The lowest BCUT2D eigenvalue weighted by atomic mass is 10.0. The van der Waals surface area contributed by atoms with Crippen LogP contribution in [0.15, 0.2) is 36.4 Å². The molecule has 1 saturated heterocycles. The van der Waals surface area contributed by atoms with Crippen LogP contribution >= 0.6 is 11.6 Å². The van der Waals surface area contributed by atoms with Crippen LogP contribution in [0.3, 0.4) is 0 Å². The molecular weight excluding hydrogens is 408 g/mol. The third-order valence-corrected chi connectivity index (χ3v) is 4.79. The Morgan fingerprint density at radius 2 is 1.97 bits per heavy atom. The molecule has 0 saturated carbocycles. The highest BCUT2D eigenvalue weighted by Crippen LogP contribution is 2.31. The molecule has 10 heteroatoms. The number of rotatable bonds is 5. The van der Waals surface area contributed by atoms with Gasteiger partial charge in [0.05, 0.1) is 5.69 Å². The minimum atomic E-state index is -2.44. The number of primary amides is 1. The zero-order valence-electron chi connectivity index (χ0n) is 14.9. The van der Waals surface area contributed by atoms with Gasteiger partial charge >= 0.3 is 0 Å². The molecule has 0 bridgehead atoms. The van der Waals surface area contributed by atoms with Crippen LogP contribution in [0.5, 0.6) is 0 Å². The topological polar surface area (TPSA) is 113 Å². The summed E-state index contributed by atoms with van der Waals surface area (Å²) in [5, 5.41) is 13.1. The van der Waals surface area contributed by atoms with E-state index in [1.165, 1.54) is 6.07 Å². The summed E-state index contributed by atoms with van der Waals surface area (Å²) < 4.78 is 27.6. The molecule has 2 aromatic carbocycles. The largest absolute Gasteiger partial charge is 0.372 e. The second-order valence-corrected chi connectivity index (χ2v) is 6.99. The molecule has 1 heterocycles. The highest BCUT2D eigenvalue weighted by molar-refractivity contribution is 6.30. The van der Waals surface area contributed by atoms with Crippen molar-refractivity contribution in [1.82, 2.24) is 5.32 Å². The predicted octanol–water partition coefficient (Wildman–Crippen LogP) is 1.50. The number of benzene rings is 2. The number of nitrogens with one attached hydrogen (secondary N) is 1. The van der Waals surface area contributed by atoms with Gasteiger partial charge in [-0.3, -0.25) is 14.4 Å². The second-order valence-electron chi connectivity index (χ2n) is 6.56. The number of halogens is 3. The summed E-state index contributed by atoms with van der Waals surface area (Å²) >= 11 is 5.75. The van der Waals surface area contributed by atoms with Gasteiger partial charge in [0.1, 0.15) is 11.6 Å². The van der Waals surface area contributed by atoms with E-state index in [0.29, 0.717) is 5.56 Å². The van der Waals surface area contributed by atoms with Gasteiger partial charge in [0.25, 0.3) is 11.8 Å². The summed E-state index contributed by atoms with van der Waals surface area (Å²) in [6.45, 7) is -0.342. The van der Waals surface area contributed by atoms with E-state index in [9.17, 15) is 28.3 Å². The molecular formula is C19H16ClF2N3O4. The van der Waals surface area contributed by atoms with Gasteiger partial charge in [0.2, 0.25) is 11.5 Å². The molecule has 0 aliphatic carbocycles. The van der Waals surface area contributed by atoms with E-state index in [-0.39, 0.29) is 35.8 Å². The number of aliphatic hydroxyl groups is 1. The normalized spacial score (nSPS) is 18.8. The Hall–Kier alpha value is -3.04. The highest BCUT2D eigenvalue weighted by Gasteiger charge is 2.52. The molecule has 0 radical (unpaired) electrons. The second kappa shape index (κ2) is 7.76. The van der Waals surface area contributed by atoms with Crippen LogP contribution in [0.25, 0.3) is 0 Å². The zero-order chi connectivity index (χ0) is 21.3. The average Bonchev–Trinajstić information content (AvgIpc) is 2.95. The Kier molecular flexibility index (Phi) is 5.54. The van der Waals surface area contributed by atoms with E-state index in [2.05, 4.69) is 5.32 Å². The fourth-order valence-electron chi connectivity index (χ4n) is 3.06. The van der Waals surface area contributed by atoms with Gasteiger partial charge in [-0.15, -0.1) is 0 Å². The van der Waals surface area contributed by atoms with Gasteiger partial charge in [0.15, 0.2) is 0 Å². The van der Waals surface area contributed by atoms with E-state index >= 15 is 0 Å². The molecule has 152 valence electrons. The molecule has 2 aromatic rings. The van der Waals surface area contributed by atoms with Gasteiger partial charge in [-0.2, -0.15) is 0 Å². The van der Waals surface area contributed by atoms with Gasteiger partial charge < -0.3 is 21.1 Å². The average molecular weight is 424 g/mol. The van der Waals surface area contributed by atoms with Crippen molar-refractivity contribution in [2.45, 2.75) is 18.6 Å². The van der Waals surface area contributed by atoms with Crippen molar-refractivity contribution in [1.29, 1.82) is 0 Å². The maximum atomic E-state index is 14.2. The number of carbonyl (C=O) groups excluding carboxylic acids is 3. The van der Waals surface area contributed by atoms with Crippen molar-refractivity contribution in [3.05, 3.63) is 64.2 Å². The Morgan fingerprint density at radius 1 is 1.24 bits per heavy atom. The molecule has 7 nitrogen and oxygen atoms in total. The summed E-state index contributed by atoms with van der Waals surface area (Å²) in [4.78, 5) is 37.3. The highest BCUT2D eigenvalue weighted by atomic mass is 35.5. The minimum absolute atomic E-state index is 0.0305. The van der Waals surface area contributed by atoms with Crippen molar-refractivity contribution < 1.29 is 28.3 Å². The number of amides is 3. The van der Waals surface area contributed by atoms with Crippen molar-refractivity contribution in [2.75, 3.05) is 11.4 Å². The van der Waals surface area contributed by atoms with Crippen LogP contribution in [-0.4, -0.2) is 35.0 Å². The lowest BCUT2D eigenvalue weighted by Gasteiger charge is -2.22. The molecule has 0 spiro atoms. The molecule has 1 atom stereocenters. The molecule has 0 aromatic heterocycles. The van der Waals surface area contributed by atoms with E-state index < -0.39 is 35.0 Å². The van der Waals surface area contributed by atoms with Crippen molar-refractivity contribution in [3.8, 4) is 0 Å². The predicted molar refractivity (Wildman–Crippen MR) is 100 cm³/mol. The number of nitrogens with two attached hydrogens (primary N) is 1. The third kappa shape index (κ3) is 4.06. The first-order valence-corrected chi connectivity index (χ1v) is 8.86. The summed E-state index contributed by atoms with van der Waals surface area (Å²) in [5.74, 6) is -4.31. The first-order chi connectivity index (χ1) is 13.6. The Morgan fingerprint density at radius 3 is 2.62 bits per heavy atom. The summed E-state index contributed by atoms with van der Waals surface area (Å²) in [5.41, 5.74) is 2.76. The van der Waals surface area contributed by atoms with E-state index in [0.717, 1.165) is 35.2 Å². The minimum Gasteiger partial charge on any atom is -0.372 e. The quantitative estimate of drug-likeness (QED) is 0.632. The van der Waals surface area contributed by atoms with Crippen LogP contribution in [0, 0.1) is 11.6 Å². The molecule has 3 amide bonds. The molecule has 1 fully saturated rings. The molecule has 29 heavy (non-hydrogen) atoms. The Labute approximate surface area is 169 Å². The molecule has 3 rings (SSSR count). The summed E-state index contributed by atoms with van der Waals surface area (Å²) in [7, 11) is 0. The lowest BCUT2D eigenvalue weighted by Crippen LogP contribution is -2.52. The van der Waals surface area contributed by atoms with E-state index in [1.54, 1.807) is 0 Å². The molecule has 0 unspecified atom stereocenters. The first-order valence-electron chi connectivity index (χ1n) is 8.49. The summed E-state index contributed by atoms with van der Waals surface area (Å²) in [6.07, 6.45) is -0.304. The monoisotopic (exact) mass is 423 g/mol. The Balaban J connectivity index is 1.77. The fraction of sp³-hybridized carbons (Fsp3) is 0.211. The van der Waals surface area contributed by atoms with Gasteiger partial charge in [0, 0.05) is 30.1 Å². The van der Waals surface area contributed by atoms with Gasteiger partial charge in [-0.05, 0) is 42.0 Å². The molecule has 1 aliphatic heterocycles. The SMILES string of the molecule is NC(=O)c1ccc(F)c(N2CC[C@](O)(C(=O)NCc3cc(F)cc(Cl)c3)C2=O)c1. The number of nitrogens with zero attached hydrogens (tertiary/aromatic N) is 1. The first kappa shape index (κ1) is 20.7. The smallest absolute Gasteiger partial charge is 0.268 e. The van der Waals surface area contributed by atoms with Crippen molar-refractivity contribution in [2.24, 2.45) is 5.73 Å². The maximum Gasteiger partial charge on any atom is 0.268 e. The van der Waals surface area contributed by atoms with Crippen molar-refractivity contribution in [3.63, 3.8) is 0 Å². The zero-order valence-corrected chi connectivity index (χ0v) is 15.7. The maximum absolute atomic E-state index is 14.2. The van der Waals surface area contributed by atoms with Crippen LogP contribution in [0.1, 0.15) is 22.3 Å². The van der Waals surface area contributed by atoms with Crippen LogP contribution in [0.4, 0.5) is 14.5 Å². The van der Waals surface area contributed by atoms with Crippen LogP contribution in [-0.2, 0) is 16.1 Å². The molecule has 1 aliphatic rings. The number of anilines is 1. The van der Waals surface area contributed by atoms with Crippen LogP contribution < -0.4 is 16.0 Å². The van der Waals surface area contributed by atoms with Gasteiger partial charge in [-0.1, -0.05) is 11.6 Å². The standard InChI is InChI=1S/C19H16ClF2N3O4/c20-12-5-10(6-13(21)8-12)9-24-17(27)19(29)3-4-25(18(19)28)15-7-11(16(23)26)1-2-14(15)22/h1-2,5-8,29H,3-4,9H2,(H2,23,26)(H,24,27)/t19-/m0/s1. The Bertz CT molecular complexity index is 997. The van der Waals surface area contributed by atoms with Crippen molar-refractivity contribution >= 4 is 35.0 Å². The van der Waals surface area contributed by atoms with Crippen LogP contribution in [0.2, 0.25) is 5.02 Å². The number of carbonyl (C=O) groups is 3. The fourth-order valence-corrected chi connectivity index (χ4v) is 3.30. The lowest BCUT2D eigenvalue weighted by molar-refractivity contribution is -0.149. The number of hydrogen-bond acceptors (Lipinski definition) is 4. The summed E-state index contributed by atoms with van der Waals surface area (Å²) in [6, 6.07) is 6.85. The van der Waals surface area contributed by atoms with Gasteiger partial charge in [-0.25, -0.2) is 8.78 Å². The third-order valence-electron chi connectivity index (χ3n) is 4.57. The molecule has 4 N–H and O–H groups in total. The van der Waals surface area contributed by atoms with E-state index in [4.69, 9.17) is 17.3 Å². The number of hydrogen-bond donors (Lipinski definition) is 3. The van der Waals surface area contributed by atoms with E-state index in [1.807, 2.05) is 0 Å².